The van der Waals surface area contributed by atoms with Crippen molar-refractivity contribution < 1.29 is 14.3 Å². The van der Waals surface area contributed by atoms with E-state index in [0.717, 1.165) is 44.3 Å². The second kappa shape index (κ2) is 11.0. The first-order valence-corrected chi connectivity index (χ1v) is 12.1. The molecule has 3 unspecified atom stereocenters. The SMILES string of the molecule is O=C1NC2CSC(CCCCC(=O)OCCCCCCc3ccsc3)C2N1. The zero-order valence-electron chi connectivity index (χ0n) is 15.8. The molecule has 1 aromatic rings. The number of amides is 2. The third-order valence-corrected chi connectivity index (χ3v) is 7.50. The van der Waals surface area contributed by atoms with E-state index in [-0.39, 0.29) is 24.1 Å². The molecule has 0 radical (unpaired) electrons. The minimum absolute atomic E-state index is 0.0367. The van der Waals surface area contributed by atoms with Gasteiger partial charge in [0.1, 0.15) is 0 Å². The van der Waals surface area contributed by atoms with Crippen LogP contribution in [-0.4, -0.2) is 41.7 Å². The highest BCUT2D eigenvalue weighted by Gasteiger charge is 2.42. The van der Waals surface area contributed by atoms with Crippen LogP contribution in [0.2, 0.25) is 0 Å². The van der Waals surface area contributed by atoms with Gasteiger partial charge in [0.15, 0.2) is 0 Å². The van der Waals surface area contributed by atoms with E-state index in [0.29, 0.717) is 18.3 Å². The zero-order chi connectivity index (χ0) is 18.9. The molecule has 0 aliphatic carbocycles. The lowest BCUT2D eigenvalue weighted by molar-refractivity contribution is -0.143. The fourth-order valence-corrected chi connectivity index (χ4v) is 5.98. The van der Waals surface area contributed by atoms with Crippen molar-refractivity contribution in [2.45, 2.75) is 75.1 Å². The van der Waals surface area contributed by atoms with Gasteiger partial charge in [-0.1, -0.05) is 19.3 Å². The number of thioether (sulfide) groups is 1. The van der Waals surface area contributed by atoms with Crippen LogP contribution >= 0.6 is 23.1 Å². The molecule has 2 aliphatic rings. The van der Waals surface area contributed by atoms with Crippen LogP contribution in [0.15, 0.2) is 16.8 Å². The van der Waals surface area contributed by atoms with Crippen LogP contribution in [0.25, 0.3) is 0 Å². The number of unbranched alkanes of at least 4 members (excludes halogenated alkanes) is 4. The number of carbonyl (C=O) groups excluding carboxylic acids is 2. The summed E-state index contributed by atoms with van der Waals surface area (Å²) >= 11 is 3.68. The molecule has 0 bridgehead atoms. The van der Waals surface area contributed by atoms with Gasteiger partial charge in [-0.3, -0.25) is 4.79 Å². The Morgan fingerprint density at radius 1 is 1.15 bits per heavy atom. The highest BCUT2D eigenvalue weighted by molar-refractivity contribution is 8.00. The van der Waals surface area contributed by atoms with Crippen molar-refractivity contribution >= 4 is 35.1 Å². The monoisotopic (exact) mass is 410 g/mol. The van der Waals surface area contributed by atoms with E-state index in [1.807, 2.05) is 11.8 Å². The maximum atomic E-state index is 11.8. The Hall–Kier alpha value is -1.21. The van der Waals surface area contributed by atoms with Crippen LogP contribution in [0.4, 0.5) is 4.79 Å². The Balaban J connectivity index is 1.13. The quantitative estimate of drug-likeness (QED) is 0.309. The summed E-state index contributed by atoms with van der Waals surface area (Å²) in [6, 6.07) is 2.69. The van der Waals surface area contributed by atoms with E-state index in [2.05, 4.69) is 27.5 Å². The summed E-state index contributed by atoms with van der Waals surface area (Å²) in [6.45, 7) is 0.553. The Morgan fingerprint density at radius 3 is 2.89 bits per heavy atom. The van der Waals surface area contributed by atoms with Gasteiger partial charge in [0.2, 0.25) is 0 Å². The summed E-state index contributed by atoms with van der Waals surface area (Å²) in [5, 5.41) is 10.8. The molecule has 3 heterocycles. The summed E-state index contributed by atoms with van der Waals surface area (Å²) in [5.41, 5.74) is 1.43. The first kappa shape index (κ1) is 20.5. The molecule has 2 fully saturated rings. The minimum atomic E-state index is -0.0685. The van der Waals surface area contributed by atoms with Gasteiger partial charge in [-0.15, -0.1) is 0 Å². The highest BCUT2D eigenvalue weighted by Crippen LogP contribution is 2.33. The fraction of sp³-hybridized carbons (Fsp3) is 0.700. The lowest BCUT2D eigenvalue weighted by Gasteiger charge is -2.16. The number of nitrogens with one attached hydrogen (secondary N) is 2. The van der Waals surface area contributed by atoms with Gasteiger partial charge in [0.05, 0.1) is 18.7 Å². The van der Waals surface area contributed by atoms with Crippen molar-refractivity contribution in [1.82, 2.24) is 10.6 Å². The number of ether oxygens (including phenoxy) is 1. The Kier molecular flexibility index (Phi) is 8.33. The van der Waals surface area contributed by atoms with Crippen molar-refractivity contribution in [2.24, 2.45) is 0 Å². The van der Waals surface area contributed by atoms with Crippen molar-refractivity contribution in [1.29, 1.82) is 0 Å². The lowest BCUT2D eigenvalue weighted by atomic mass is 10.0. The van der Waals surface area contributed by atoms with Gasteiger partial charge in [0, 0.05) is 17.4 Å². The molecule has 7 heteroatoms. The number of esters is 1. The average Bonchev–Trinajstić information content (AvgIpc) is 3.36. The smallest absolute Gasteiger partial charge is 0.315 e. The molecule has 2 aliphatic heterocycles. The fourth-order valence-electron chi connectivity index (χ4n) is 3.74. The van der Waals surface area contributed by atoms with Gasteiger partial charge in [0.25, 0.3) is 0 Å². The van der Waals surface area contributed by atoms with E-state index in [4.69, 9.17) is 4.74 Å². The summed E-state index contributed by atoms with van der Waals surface area (Å²) < 4.78 is 5.34. The molecule has 2 saturated heterocycles. The van der Waals surface area contributed by atoms with Crippen molar-refractivity contribution in [3.05, 3.63) is 22.4 Å². The van der Waals surface area contributed by atoms with E-state index >= 15 is 0 Å². The molecule has 5 nitrogen and oxygen atoms in total. The molecule has 0 saturated carbocycles. The number of fused-ring (bicyclic) bond motifs is 1. The molecular weight excluding hydrogens is 380 g/mol. The number of rotatable bonds is 12. The van der Waals surface area contributed by atoms with E-state index in [9.17, 15) is 9.59 Å². The molecule has 2 N–H and O–H groups in total. The van der Waals surface area contributed by atoms with Crippen LogP contribution in [0, 0.1) is 0 Å². The van der Waals surface area contributed by atoms with Crippen LogP contribution in [0.3, 0.4) is 0 Å². The zero-order valence-corrected chi connectivity index (χ0v) is 17.4. The number of urea groups is 1. The van der Waals surface area contributed by atoms with Gasteiger partial charge in [-0.2, -0.15) is 23.1 Å². The molecule has 3 rings (SSSR count). The molecule has 1 aromatic heterocycles. The summed E-state index contributed by atoms with van der Waals surface area (Å²) in [6.07, 6.45) is 9.08. The number of thiophene rings is 1. The molecular formula is C20H30N2O3S2. The standard InChI is InChI=1S/C20H30N2O3S2/c23-18(25-11-6-2-1-3-7-15-10-12-26-13-15)9-5-4-8-17-19-16(14-27-17)21-20(24)22-19/h10,12-13,16-17,19H,1-9,11,14H2,(H2,21,22,24). The molecule has 2 amide bonds. The van der Waals surface area contributed by atoms with Crippen LogP contribution in [0.5, 0.6) is 0 Å². The van der Waals surface area contributed by atoms with E-state index in [1.54, 1.807) is 11.3 Å². The molecule has 27 heavy (non-hydrogen) atoms. The van der Waals surface area contributed by atoms with Gasteiger partial charge in [-0.25, -0.2) is 4.79 Å². The third kappa shape index (κ3) is 6.71. The second-order valence-electron chi connectivity index (χ2n) is 7.38. The largest absolute Gasteiger partial charge is 0.466 e. The first-order chi connectivity index (χ1) is 13.2. The minimum Gasteiger partial charge on any atom is -0.466 e. The molecule has 0 aromatic carbocycles. The first-order valence-electron chi connectivity index (χ1n) is 10.1. The van der Waals surface area contributed by atoms with Crippen LogP contribution < -0.4 is 10.6 Å². The number of aryl methyl sites for hydroxylation is 1. The second-order valence-corrected chi connectivity index (χ2v) is 9.44. The number of carbonyl (C=O) groups is 2. The summed E-state index contributed by atoms with van der Waals surface area (Å²) in [4.78, 5) is 23.2. The van der Waals surface area contributed by atoms with Crippen molar-refractivity contribution in [2.75, 3.05) is 12.4 Å². The number of hydrogen-bond acceptors (Lipinski definition) is 5. The van der Waals surface area contributed by atoms with E-state index < -0.39 is 0 Å². The Labute approximate surface area is 170 Å². The maximum Gasteiger partial charge on any atom is 0.315 e. The Bertz CT molecular complexity index is 594. The van der Waals surface area contributed by atoms with Gasteiger partial charge >= 0.3 is 12.0 Å². The predicted octanol–water partition coefficient (Wildman–Crippen LogP) is 4.12. The van der Waals surface area contributed by atoms with Gasteiger partial charge in [-0.05, 0) is 54.5 Å². The van der Waals surface area contributed by atoms with Crippen LogP contribution in [0.1, 0.15) is 56.9 Å². The lowest BCUT2D eigenvalue weighted by Crippen LogP contribution is -2.36. The highest BCUT2D eigenvalue weighted by atomic mass is 32.2. The Morgan fingerprint density at radius 2 is 2.04 bits per heavy atom. The van der Waals surface area contributed by atoms with E-state index in [1.165, 1.54) is 18.4 Å². The normalized spacial score (nSPS) is 23.7. The average molecular weight is 411 g/mol. The van der Waals surface area contributed by atoms with Crippen LogP contribution in [-0.2, 0) is 16.0 Å². The molecule has 0 spiro atoms. The van der Waals surface area contributed by atoms with Crippen molar-refractivity contribution in [3.63, 3.8) is 0 Å². The maximum absolute atomic E-state index is 11.8. The number of hydrogen-bond donors (Lipinski definition) is 2. The predicted molar refractivity (Wildman–Crippen MR) is 111 cm³/mol. The third-order valence-electron chi connectivity index (χ3n) is 5.26. The molecule has 3 atom stereocenters. The summed E-state index contributed by atoms with van der Waals surface area (Å²) in [7, 11) is 0. The molecule has 150 valence electrons. The summed E-state index contributed by atoms with van der Waals surface area (Å²) in [5.74, 6) is 0.921. The van der Waals surface area contributed by atoms with Gasteiger partial charge < -0.3 is 15.4 Å². The topological polar surface area (TPSA) is 67.4 Å². The van der Waals surface area contributed by atoms with Crippen molar-refractivity contribution in [3.8, 4) is 0 Å².